The van der Waals surface area contributed by atoms with E-state index in [0.29, 0.717) is 30.5 Å². The van der Waals surface area contributed by atoms with Crippen LogP contribution in [0.15, 0.2) is 70.2 Å². The van der Waals surface area contributed by atoms with Crippen LogP contribution < -0.4 is 4.74 Å². The number of hydrogen-bond donors (Lipinski definition) is 0. The summed E-state index contributed by atoms with van der Waals surface area (Å²) in [6.45, 7) is 1.04. The molecule has 1 aliphatic rings. The van der Waals surface area contributed by atoms with Gasteiger partial charge in [0.05, 0.1) is 13.3 Å². The van der Waals surface area contributed by atoms with E-state index in [-0.39, 0.29) is 4.90 Å². The van der Waals surface area contributed by atoms with Gasteiger partial charge in [-0.25, -0.2) is 8.42 Å². The normalized spacial score (nSPS) is 16.0. The van der Waals surface area contributed by atoms with Gasteiger partial charge in [-0.2, -0.15) is 4.31 Å². The van der Waals surface area contributed by atoms with Crippen LogP contribution in [-0.2, 0) is 16.4 Å². The largest absolute Gasteiger partial charge is 0.495 e. The molecule has 0 aliphatic carbocycles. The number of nitrogens with zero attached hydrogens (tertiary/aromatic N) is 2. The Hall–Kier alpha value is -2.64. The first-order valence-electron chi connectivity index (χ1n) is 9.71. The number of methoxy groups -OCH3 is 1. The molecule has 2 heterocycles. The zero-order chi connectivity index (χ0) is 20.3. The Morgan fingerprint density at radius 1 is 1.10 bits per heavy atom. The Bertz CT molecular complexity index is 1040. The summed E-state index contributed by atoms with van der Waals surface area (Å²) in [6, 6.07) is 17.1. The Balaban J connectivity index is 1.49. The fraction of sp³-hybridized carbons (Fsp3) is 0.318. The van der Waals surface area contributed by atoms with Crippen molar-refractivity contribution in [3.05, 3.63) is 66.4 Å². The number of aromatic nitrogens is 1. The van der Waals surface area contributed by atoms with Crippen molar-refractivity contribution in [2.24, 2.45) is 5.92 Å². The molecular weight excluding hydrogens is 388 g/mol. The van der Waals surface area contributed by atoms with Gasteiger partial charge in [0.15, 0.2) is 5.76 Å². The standard InChI is InChI=1S/C22H24N2O4S/c1-27-21-16-19(20-9-12-23-28-20)7-8-22(21)29(25,26)24-13-10-18(11-14-24)15-17-5-3-2-4-6-17/h2-9,12,16,18H,10-11,13-15H2,1H3. The third-order valence-corrected chi connectivity index (χ3v) is 7.38. The summed E-state index contributed by atoms with van der Waals surface area (Å²) in [5, 5.41) is 3.69. The summed E-state index contributed by atoms with van der Waals surface area (Å²) in [5.74, 6) is 1.37. The van der Waals surface area contributed by atoms with E-state index in [1.165, 1.54) is 12.7 Å². The van der Waals surface area contributed by atoms with Crippen molar-refractivity contribution in [3.8, 4) is 17.1 Å². The van der Waals surface area contributed by atoms with E-state index in [9.17, 15) is 8.42 Å². The number of hydrogen-bond acceptors (Lipinski definition) is 5. The van der Waals surface area contributed by atoms with Crippen LogP contribution in [0.4, 0.5) is 0 Å². The highest BCUT2D eigenvalue weighted by atomic mass is 32.2. The van der Waals surface area contributed by atoms with Crippen LogP contribution in [-0.4, -0.2) is 38.1 Å². The summed E-state index contributed by atoms with van der Waals surface area (Å²) in [6.07, 6.45) is 4.25. The Labute approximate surface area is 171 Å². The van der Waals surface area contributed by atoms with Gasteiger partial charge >= 0.3 is 0 Å². The lowest BCUT2D eigenvalue weighted by molar-refractivity contribution is 0.272. The summed E-state index contributed by atoms with van der Waals surface area (Å²) < 4.78 is 38.6. The molecule has 1 aromatic heterocycles. The van der Waals surface area contributed by atoms with Crippen LogP contribution in [0.5, 0.6) is 5.75 Å². The topological polar surface area (TPSA) is 72.6 Å². The van der Waals surface area contributed by atoms with Crippen molar-refractivity contribution < 1.29 is 17.7 Å². The van der Waals surface area contributed by atoms with Crippen LogP contribution in [0.2, 0.25) is 0 Å². The molecule has 0 atom stereocenters. The second kappa shape index (κ2) is 8.39. The van der Waals surface area contributed by atoms with E-state index in [4.69, 9.17) is 9.26 Å². The van der Waals surface area contributed by atoms with E-state index < -0.39 is 10.0 Å². The molecule has 2 aromatic carbocycles. The molecule has 0 spiro atoms. The van der Waals surface area contributed by atoms with Crippen LogP contribution in [0.3, 0.4) is 0 Å². The van der Waals surface area contributed by atoms with Gasteiger partial charge in [0, 0.05) is 24.7 Å². The van der Waals surface area contributed by atoms with E-state index >= 15 is 0 Å². The predicted molar refractivity (Wildman–Crippen MR) is 110 cm³/mol. The van der Waals surface area contributed by atoms with Crippen molar-refractivity contribution >= 4 is 10.0 Å². The highest BCUT2D eigenvalue weighted by Crippen LogP contribution is 2.33. The Kier molecular flexibility index (Phi) is 5.69. The van der Waals surface area contributed by atoms with Crippen LogP contribution in [0, 0.1) is 5.92 Å². The zero-order valence-electron chi connectivity index (χ0n) is 16.3. The Morgan fingerprint density at radius 3 is 2.52 bits per heavy atom. The van der Waals surface area contributed by atoms with Gasteiger partial charge in [-0.3, -0.25) is 0 Å². The average Bonchev–Trinajstić information content (AvgIpc) is 3.29. The lowest BCUT2D eigenvalue weighted by Crippen LogP contribution is -2.39. The van der Waals surface area contributed by atoms with Gasteiger partial charge in [0.1, 0.15) is 10.6 Å². The molecular formula is C22H24N2O4S. The number of rotatable bonds is 6. The van der Waals surface area contributed by atoms with Gasteiger partial charge in [-0.05, 0) is 48.9 Å². The van der Waals surface area contributed by atoms with Crippen molar-refractivity contribution in [3.63, 3.8) is 0 Å². The summed E-state index contributed by atoms with van der Waals surface area (Å²) in [4.78, 5) is 0.185. The lowest BCUT2D eigenvalue weighted by atomic mass is 9.91. The summed E-state index contributed by atoms with van der Waals surface area (Å²) >= 11 is 0. The van der Waals surface area contributed by atoms with Gasteiger partial charge in [0.2, 0.25) is 10.0 Å². The van der Waals surface area contributed by atoms with Gasteiger partial charge < -0.3 is 9.26 Å². The monoisotopic (exact) mass is 412 g/mol. The highest BCUT2D eigenvalue weighted by molar-refractivity contribution is 7.89. The van der Waals surface area contributed by atoms with Crippen LogP contribution >= 0.6 is 0 Å². The minimum Gasteiger partial charge on any atom is -0.495 e. The quantitative estimate of drug-likeness (QED) is 0.612. The number of ether oxygens (including phenoxy) is 1. The molecule has 0 amide bonds. The van der Waals surface area contributed by atoms with Gasteiger partial charge in [-0.1, -0.05) is 35.5 Å². The van der Waals surface area contributed by atoms with E-state index in [1.807, 2.05) is 18.2 Å². The molecule has 152 valence electrons. The highest BCUT2D eigenvalue weighted by Gasteiger charge is 2.31. The fourth-order valence-corrected chi connectivity index (χ4v) is 5.45. The Morgan fingerprint density at radius 2 is 1.86 bits per heavy atom. The van der Waals surface area contributed by atoms with Crippen LogP contribution in [0.25, 0.3) is 11.3 Å². The van der Waals surface area contributed by atoms with Gasteiger partial charge in [0.25, 0.3) is 0 Å². The smallest absolute Gasteiger partial charge is 0.246 e. The molecule has 0 N–H and O–H groups in total. The molecule has 29 heavy (non-hydrogen) atoms. The molecule has 0 unspecified atom stereocenters. The molecule has 1 saturated heterocycles. The minimum absolute atomic E-state index is 0.185. The molecule has 0 bridgehead atoms. The first-order chi connectivity index (χ1) is 14.1. The van der Waals surface area contributed by atoms with E-state index in [0.717, 1.165) is 24.8 Å². The molecule has 0 radical (unpaired) electrons. The maximum atomic E-state index is 13.2. The van der Waals surface area contributed by atoms with Crippen molar-refractivity contribution in [1.82, 2.24) is 9.46 Å². The molecule has 6 nitrogen and oxygen atoms in total. The van der Waals surface area contributed by atoms with Crippen molar-refractivity contribution in [2.45, 2.75) is 24.2 Å². The SMILES string of the molecule is COc1cc(-c2ccno2)ccc1S(=O)(=O)N1CCC(Cc2ccccc2)CC1. The minimum atomic E-state index is -3.62. The summed E-state index contributed by atoms with van der Waals surface area (Å²) in [5.41, 5.74) is 2.03. The van der Waals surface area contributed by atoms with Crippen LogP contribution in [0.1, 0.15) is 18.4 Å². The molecule has 0 saturated carbocycles. The average molecular weight is 413 g/mol. The molecule has 1 fully saturated rings. The van der Waals surface area contributed by atoms with E-state index in [2.05, 4.69) is 17.3 Å². The second-order valence-electron chi connectivity index (χ2n) is 7.28. The molecule has 4 rings (SSSR count). The number of sulfonamides is 1. The molecule has 3 aromatic rings. The lowest BCUT2D eigenvalue weighted by Gasteiger charge is -2.31. The second-order valence-corrected chi connectivity index (χ2v) is 9.19. The maximum Gasteiger partial charge on any atom is 0.246 e. The first kappa shape index (κ1) is 19.7. The van der Waals surface area contributed by atoms with Gasteiger partial charge in [-0.15, -0.1) is 0 Å². The fourth-order valence-electron chi connectivity index (χ4n) is 3.84. The number of benzene rings is 2. The van der Waals surface area contributed by atoms with E-state index in [1.54, 1.807) is 34.8 Å². The third kappa shape index (κ3) is 4.21. The summed E-state index contributed by atoms with van der Waals surface area (Å²) in [7, 11) is -2.15. The number of piperidine rings is 1. The maximum absolute atomic E-state index is 13.2. The van der Waals surface area contributed by atoms with Crippen molar-refractivity contribution in [2.75, 3.05) is 20.2 Å². The van der Waals surface area contributed by atoms with Crippen molar-refractivity contribution in [1.29, 1.82) is 0 Å². The predicted octanol–water partition coefficient (Wildman–Crippen LogP) is 3.99. The third-order valence-electron chi connectivity index (χ3n) is 5.44. The first-order valence-corrected chi connectivity index (χ1v) is 11.1. The zero-order valence-corrected chi connectivity index (χ0v) is 17.1. The molecule has 1 aliphatic heterocycles. The molecule has 7 heteroatoms.